The molecular formula is C13H21N5O3. The minimum atomic E-state index is -0.787. The summed E-state index contributed by atoms with van der Waals surface area (Å²) in [5, 5.41) is 11.5. The molecule has 1 fully saturated rings. The number of rotatable bonds is 5. The van der Waals surface area contributed by atoms with Crippen LogP contribution >= 0.6 is 0 Å². The number of aryl methyl sites for hydroxylation is 1. The lowest BCUT2D eigenvalue weighted by Crippen LogP contribution is -2.51. The van der Waals surface area contributed by atoms with Crippen LogP contribution in [0.5, 0.6) is 0 Å². The monoisotopic (exact) mass is 295 g/mol. The van der Waals surface area contributed by atoms with E-state index in [4.69, 9.17) is 5.11 Å². The van der Waals surface area contributed by atoms with Crippen LogP contribution in [0.15, 0.2) is 12.4 Å². The first-order valence-corrected chi connectivity index (χ1v) is 6.99. The van der Waals surface area contributed by atoms with Crippen molar-refractivity contribution in [1.29, 1.82) is 0 Å². The summed E-state index contributed by atoms with van der Waals surface area (Å²) in [6.07, 6.45) is 3.68. The zero-order valence-corrected chi connectivity index (χ0v) is 12.2. The van der Waals surface area contributed by atoms with E-state index in [1.54, 1.807) is 11.1 Å². The zero-order chi connectivity index (χ0) is 15.2. The number of hydrogen-bond acceptors (Lipinski definition) is 4. The molecule has 2 rings (SSSR count). The lowest BCUT2D eigenvalue weighted by Gasteiger charge is -2.34. The second kappa shape index (κ2) is 7.07. The van der Waals surface area contributed by atoms with Crippen molar-refractivity contribution < 1.29 is 14.7 Å². The normalized spacial score (nSPS) is 16.0. The Kier molecular flexibility index (Phi) is 5.15. The Bertz CT molecular complexity index is 494. The molecule has 0 aliphatic carbocycles. The number of aliphatic carboxylic acids is 1. The molecular weight excluding hydrogens is 274 g/mol. The summed E-state index contributed by atoms with van der Waals surface area (Å²) >= 11 is 0. The molecule has 116 valence electrons. The highest BCUT2D eigenvalue weighted by atomic mass is 16.4. The molecule has 0 unspecified atom stereocenters. The highest BCUT2D eigenvalue weighted by molar-refractivity contribution is 5.74. The van der Waals surface area contributed by atoms with Crippen LogP contribution in [0.1, 0.15) is 12.2 Å². The van der Waals surface area contributed by atoms with Crippen LogP contribution in [0, 0.1) is 0 Å². The molecule has 2 N–H and O–H groups in total. The predicted octanol–water partition coefficient (Wildman–Crippen LogP) is -0.278. The Labute approximate surface area is 123 Å². The van der Waals surface area contributed by atoms with Crippen LogP contribution in [-0.4, -0.2) is 69.2 Å². The fourth-order valence-corrected chi connectivity index (χ4v) is 2.26. The summed E-state index contributed by atoms with van der Waals surface area (Å²) < 4.78 is 1.87. The second-order valence-electron chi connectivity index (χ2n) is 5.09. The van der Waals surface area contributed by atoms with Crippen LogP contribution < -0.4 is 5.32 Å². The maximum absolute atomic E-state index is 12.0. The van der Waals surface area contributed by atoms with Gasteiger partial charge in [-0.15, -0.1) is 0 Å². The van der Waals surface area contributed by atoms with Gasteiger partial charge in [-0.25, -0.2) is 9.78 Å². The fourth-order valence-electron chi connectivity index (χ4n) is 2.26. The van der Waals surface area contributed by atoms with Crippen molar-refractivity contribution in [2.75, 3.05) is 32.7 Å². The maximum Gasteiger partial charge on any atom is 0.317 e. The Balaban J connectivity index is 1.70. The van der Waals surface area contributed by atoms with Crippen molar-refractivity contribution in [2.24, 2.45) is 7.05 Å². The van der Waals surface area contributed by atoms with E-state index in [2.05, 4.69) is 15.2 Å². The van der Waals surface area contributed by atoms with Crippen molar-refractivity contribution in [2.45, 2.75) is 13.0 Å². The molecule has 0 atom stereocenters. The average molecular weight is 295 g/mol. The lowest BCUT2D eigenvalue weighted by molar-refractivity contribution is -0.137. The van der Waals surface area contributed by atoms with Crippen LogP contribution in [0.2, 0.25) is 0 Å². The van der Waals surface area contributed by atoms with E-state index in [-0.39, 0.29) is 12.5 Å². The molecule has 0 bridgehead atoms. The molecule has 0 aromatic carbocycles. The Hall–Kier alpha value is -2.09. The molecule has 8 heteroatoms. The number of amides is 2. The molecule has 0 radical (unpaired) electrons. The van der Waals surface area contributed by atoms with Gasteiger partial charge in [-0.1, -0.05) is 0 Å². The maximum atomic E-state index is 12.0. The average Bonchev–Trinajstić information content (AvgIpc) is 2.88. The second-order valence-corrected chi connectivity index (χ2v) is 5.09. The largest absolute Gasteiger partial charge is 0.481 e. The smallest absolute Gasteiger partial charge is 0.317 e. The van der Waals surface area contributed by atoms with E-state index < -0.39 is 5.97 Å². The van der Waals surface area contributed by atoms with Gasteiger partial charge >= 0.3 is 12.0 Å². The first-order chi connectivity index (χ1) is 10.1. The number of carboxylic acids is 1. The quantitative estimate of drug-likeness (QED) is 0.780. The minimum Gasteiger partial charge on any atom is -0.481 e. The number of hydrogen-bond donors (Lipinski definition) is 2. The zero-order valence-electron chi connectivity index (χ0n) is 12.2. The van der Waals surface area contributed by atoms with Crippen LogP contribution in [0.3, 0.4) is 0 Å². The number of piperazine rings is 1. The third-order valence-corrected chi connectivity index (χ3v) is 3.62. The van der Waals surface area contributed by atoms with E-state index in [9.17, 15) is 9.59 Å². The van der Waals surface area contributed by atoms with Crippen molar-refractivity contribution in [3.8, 4) is 0 Å². The molecule has 2 heterocycles. The van der Waals surface area contributed by atoms with Crippen molar-refractivity contribution in [1.82, 2.24) is 24.7 Å². The van der Waals surface area contributed by atoms with Crippen LogP contribution in [0.4, 0.5) is 4.79 Å². The van der Waals surface area contributed by atoms with Gasteiger partial charge in [-0.3, -0.25) is 9.69 Å². The Morgan fingerprint density at radius 3 is 2.62 bits per heavy atom. The van der Waals surface area contributed by atoms with Gasteiger partial charge in [0.2, 0.25) is 0 Å². The van der Waals surface area contributed by atoms with Crippen LogP contribution in [0.25, 0.3) is 0 Å². The van der Waals surface area contributed by atoms with Gasteiger partial charge in [-0.05, 0) is 0 Å². The number of urea groups is 1. The highest BCUT2D eigenvalue weighted by Gasteiger charge is 2.21. The molecule has 1 aromatic rings. The molecule has 21 heavy (non-hydrogen) atoms. The number of carboxylic acid groups (broad SMARTS) is 1. The Morgan fingerprint density at radius 1 is 1.33 bits per heavy atom. The summed E-state index contributed by atoms with van der Waals surface area (Å²) in [5.74, 6) is 0.0219. The summed E-state index contributed by atoms with van der Waals surface area (Å²) in [4.78, 5) is 30.5. The van der Waals surface area contributed by atoms with E-state index >= 15 is 0 Å². The number of imidazole rings is 1. The van der Waals surface area contributed by atoms with Gasteiger partial charge in [0.25, 0.3) is 0 Å². The highest BCUT2D eigenvalue weighted by Crippen LogP contribution is 2.03. The van der Waals surface area contributed by atoms with Crippen molar-refractivity contribution >= 4 is 12.0 Å². The predicted molar refractivity (Wildman–Crippen MR) is 75.7 cm³/mol. The number of aromatic nitrogens is 2. The summed E-state index contributed by atoms with van der Waals surface area (Å²) in [7, 11) is 1.88. The van der Waals surface area contributed by atoms with E-state index in [1.807, 2.05) is 17.8 Å². The lowest BCUT2D eigenvalue weighted by atomic mass is 10.3. The Morgan fingerprint density at radius 2 is 2.05 bits per heavy atom. The molecule has 1 aromatic heterocycles. The first kappa shape index (κ1) is 15.3. The number of carbonyl (C=O) groups excluding carboxylic acids is 1. The molecule has 8 nitrogen and oxygen atoms in total. The topological polar surface area (TPSA) is 90.7 Å². The number of nitrogens with zero attached hydrogens (tertiary/aromatic N) is 4. The van der Waals surface area contributed by atoms with Gasteiger partial charge in [0.1, 0.15) is 5.82 Å². The summed E-state index contributed by atoms with van der Waals surface area (Å²) in [6.45, 7) is 3.60. The van der Waals surface area contributed by atoms with Crippen molar-refractivity contribution in [3.63, 3.8) is 0 Å². The van der Waals surface area contributed by atoms with E-state index in [0.717, 1.165) is 5.82 Å². The van der Waals surface area contributed by atoms with E-state index in [1.165, 1.54) is 0 Å². The third-order valence-electron chi connectivity index (χ3n) is 3.62. The number of carbonyl (C=O) groups is 2. The summed E-state index contributed by atoms with van der Waals surface area (Å²) in [5.41, 5.74) is 0. The third kappa shape index (κ3) is 4.45. The minimum absolute atomic E-state index is 0.101. The van der Waals surface area contributed by atoms with Gasteiger partial charge in [0.15, 0.2) is 0 Å². The van der Waals surface area contributed by atoms with Gasteiger partial charge in [0.05, 0.1) is 13.0 Å². The molecule has 1 aliphatic heterocycles. The number of nitrogens with one attached hydrogen (secondary N) is 1. The van der Waals surface area contributed by atoms with Crippen LogP contribution in [-0.2, 0) is 18.4 Å². The molecule has 0 saturated carbocycles. The fraction of sp³-hybridized carbons (Fsp3) is 0.615. The summed E-state index contributed by atoms with van der Waals surface area (Å²) in [6, 6.07) is -0.101. The van der Waals surface area contributed by atoms with E-state index in [0.29, 0.717) is 39.3 Å². The molecule has 0 spiro atoms. The van der Waals surface area contributed by atoms with Gasteiger partial charge in [0, 0.05) is 52.2 Å². The SMILES string of the molecule is Cn1ccnc1CNC(=O)N1CCN(CCC(=O)O)CC1. The molecule has 1 aliphatic rings. The molecule has 2 amide bonds. The standard InChI is InChI=1S/C13H21N5O3/c1-16-5-3-14-11(16)10-15-13(21)18-8-6-17(7-9-18)4-2-12(19)20/h3,5H,2,4,6-10H2,1H3,(H,15,21)(H,19,20). The van der Waals surface area contributed by atoms with Gasteiger partial charge in [-0.2, -0.15) is 0 Å². The molecule has 1 saturated heterocycles. The first-order valence-electron chi connectivity index (χ1n) is 6.99. The van der Waals surface area contributed by atoms with Crippen molar-refractivity contribution in [3.05, 3.63) is 18.2 Å². The van der Waals surface area contributed by atoms with Gasteiger partial charge < -0.3 is 19.9 Å².